The van der Waals surface area contributed by atoms with Crippen LogP contribution in [0.3, 0.4) is 0 Å². The van der Waals surface area contributed by atoms with Gasteiger partial charge in [-0.3, -0.25) is 9.36 Å². The third-order valence-electron chi connectivity index (χ3n) is 7.59. The SMILES string of the molecule is CC1OC(c2nc3n(c(=O)c2OC(=O)c2ccccc2)CC2CCC3(NC(=O)OCc3ccccc3)CC2)O1. The first kappa shape index (κ1) is 25.3. The number of nitrogens with zero attached hydrogens (tertiary/aromatic N) is 2. The fraction of sp³-hybridized carbons (Fsp3) is 0.379. The Balaban J connectivity index is 1.36. The lowest BCUT2D eigenvalue weighted by atomic mass is 9.77. The second-order valence-corrected chi connectivity index (χ2v) is 10.2. The zero-order chi connectivity index (χ0) is 27.0. The van der Waals surface area contributed by atoms with Crippen LogP contribution in [0.15, 0.2) is 65.5 Å². The molecule has 1 N–H and O–H groups in total. The van der Waals surface area contributed by atoms with Crippen molar-refractivity contribution in [2.24, 2.45) is 5.92 Å². The number of alkyl carbamates (subject to hydrolysis) is 1. The topological polar surface area (TPSA) is 118 Å². The number of benzene rings is 2. The number of carbonyl (C=O) groups is 2. The van der Waals surface area contributed by atoms with E-state index in [-0.39, 0.29) is 24.0 Å². The summed E-state index contributed by atoms with van der Waals surface area (Å²) in [6, 6.07) is 17.8. The molecule has 4 heterocycles. The summed E-state index contributed by atoms with van der Waals surface area (Å²) < 4.78 is 24.1. The Bertz CT molecular complexity index is 1430. The smallest absolute Gasteiger partial charge is 0.408 e. The Labute approximate surface area is 224 Å². The fourth-order valence-electron chi connectivity index (χ4n) is 5.53. The van der Waals surface area contributed by atoms with E-state index in [1.54, 1.807) is 37.3 Å². The molecule has 0 spiro atoms. The molecular weight excluding hydrogens is 502 g/mol. The molecule has 1 aliphatic carbocycles. The van der Waals surface area contributed by atoms with Gasteiger partial charge in [0.1, 0.15) is 23.7 Å². The molecule has 1 aromatic heterocycles. The lowest BCUT2D eigenvalue weighted by molar-refractivity contribution is -0.384. The number of esters is 1. The van der Waals surface area contributed by atoms with Crippen LogP contribution in [0.2, 0.25) is 0 Å². The minimum atomic E-state index is -0.972. The molecular formula is C29H29N3O7. The summed E-state index contributed by atoms with van der Waals surface area (Å²) in [5.41, 5.74) is -0.191. The van der Waals surface area contributed by atoms with Crippen molar-refractivity contribution >= 4 is 12.1 Å². The number of nitrogens with one attached hydrogen (secondary N) is 1. The van der Waals surface area contributed by atoms with Crippen molar-refractivity contribution in [3.8, 4) is 5.75 Å². The van der Waals surface area contributed by atoms with E-state index in [0.717, 1.165) is 18.4 Å². The predicted octanol–water partition coefficient (Wildman–Crippen LogP) is 4.18. The largest absolute Gasteiger partial charge is 0.445 e. The predicted molar refractivity (Wildman–Crippen MR) is 138 cm³/mol. The summed E-state index contributed by atoms with van der Waals surface area (Å²) in [5.74, 6) is -0.295. The van der Waals surface area contributed by atoms with Crippen molar-refractivity contribution in [1.82, 2.24) is 14.9 Å². The maximum atomic E-state index is 13.9. The van der Waals surface area contributed by atoms with Gasteiger partial charge in [0.2, 0.25) is 12.0 Å². The number of fused-ring (bicyclic) bond motifs is 2. The molecule has 3 aliphatic heterocycles. The van der Waals surface area contributed by atoms with Crippen LogP contribution in [0.5, 0.6) is 5.75 Å². The first-order valence-electron chi connectivity index (χ1n) is 13.1. The number of hydrogen-bond acceptors (Lipinski definition) is 8. The standard InChI is InChI=1S/C29H29N3O7/c1-18-37-26(38-18)22-23(39-25(34)21-10-6-3-7-11-21)24(33)32-16-19-12-14-29(15-13-19,27(32)30-22)31-28(35)36-17-20-8-4-2-5-9-20/h2-11,18-19,26H,12-17H2,1H3,(H,31,35). The first-order valence-corrected chi connectivity index (χ1v) is 13.1. The van der Waals surface area contributed by atoms with Gasteiger partial charge < -0.3 is 24.3 Å². The Morgan fingerprint density at radius 1 is 1.05 bits per heavy atom. The average Bonchev–Trinajstić information content (AvgIpc) is 3.19. The van der Waals surface area contributed by atoms with Crippen molar-refractivity contribution in [3.63, 3.8) is 0 Å². The number of hydrogen-bond donors (Lipinski definition) is 1. The van der Waals surface area contributed by atoms with Crippen molar-refractivity contribution in [2.75, 3.05) is 0 Å². The van der Waals surface area contributed by atoms with Gasteiger partial charge in [-0.05, 0) is 56.2 Å². The van der Waals surface area contributed by atoms with E-state index in [2.05, 4.69) is 5.32 Å². The Hall–Kier alpha value is -4.02. The second-order valence-electron chi connectivity index (χ2n) is 10.2. The van der Waals surface area contributed by atoms with Crippen LogP contribution in [0.4, 0.5) is 4.79 Å². The maximum absolute atomic E-state index is 13.9. The summed E-state index contributed by atoms with van der Waals surface area (Å²) >= 11 is 0. The highest BCUT2D eigenvalue weighted by Gasteiger charge is 2.47. The Morgan fingerprint density at radius 2 is 1.72 bits per heavy atom. The molecule has 10 heteroatoms. The summed E-state index contributed by atoms with van der Waals surface area (Å²) in [4.78, 5) is 44.7. The van der Waals surface area contributed by atoms with Crippen LogP contribution in [0.1, 0.15) is 66.3 Å². The van der Waals surface area contributed by atoms with Crippen molar-refractivity contribution in [1.29, 1.82) is 0 Å². The van der Waals surface area contributed by atoms with E-state index in [4.69, 9.17) is 23.9 Å². The zero-order valence-corrected chi connectivity index (χ0v) is 21.5. The highest BCUT2D eigenvalue weighted by molar-refractivity contribution is 5.91. The highest BCUT2D eigenvalue weighted by Crippen LogP contribution is 2.44. The second kappa shape index (κ2) is 10.3. The Morgan fingerprint density at radius 3 is 2.38 bits per heavy atom. The normalized spacial score (nSPS) is 25.1. The number of carbonyl (C=O) groups excluding carboxylic acids is 2. The summed E-state index contributed by atoms with van der Waals surface area (Å²) in [6.07, 6.45) is 0.719. The van der Waals surface area contributed by atoms with Gasteiger partial charge in [0.25, 0.3) is 5.56 Å². The maximum Gasteiger partial charge on any atom is 0.408 e. The van der Waals surface area contributed by atoms with Gasteiger partial charge >= 0.3 is 12.1 Å². The van der Waals surface area contributed by atoms with Crippen LogP contribution in [0.25, 0.3) is 0 Å². The molecule has 1 saturated heterocycles. The molecule has 2 aromatic carbocycles. The van der Waals surface area contributed by atoms with E-state index in [9.17, 15) is 14.4 Å². The minimum absolute atomic E-state index is 0.0813. The van der Waals surface area contributed by atoms with E-state index in [1.165, 1.54) is 4.57 Å². The van der Waals surface area contributed by atoms with Gasteiger partial charge in [-0.15, -0.1) is 0 Å². The van der Waals surface area contributed by atoms with Gasteiger partial charge in [-0.2, -0.15) is 0 Å². The van der Waals surface area contributed by atoms with Gasteiger partial charge in [-0.25, -0.2) is 14.6 Å². The number of amides is 1. The number of aromatic nitrogens is 2. The van der Waals surface area contributed by atoms with Gasteiger partial charge in [-0.1, -0.05) is 48.5 Å². The van der Waals surface area contributed by atoms with Crippen molar-refractivity contribution in [2.45, 2.75) is 63.9 Å². The number of rotatable bonds is 6. The third kappa shape index (κ3) is 4.93. The quantitative estimate of drug-likeness (QED) is 0.471. The van der Waals surface area contributed by atoms with E-state index in [1.807, 2.05) is 30.3 Å². The molecule has 0 atom stereocenters. The monoisotopic (exact) mass is 531 g/mol. The van der Waals surface area contributed by atoms with Gasteiger partial charge in [0.15, 0.2) is 6.29 Å². The van der Waals surface area contributed by atoms with Crippen molar-refractivity contribution < 1.29 is 28.5 Å². The summed E-state index contributed by atoms with van der Waals surface area (Å²) in [7, 11) is 0. The van der Waals surface area contributed by atoms with Gasteiger partial charge in [0.05, 0.1) is 5.56 Å². The fourth-order valence-corrected chi connectivity index (χ4v) is 5.53. The molecule has 202 valence electrons. The summed E-state index contributed by atoms with van der Waals surface area (Å²) in [6.45, 7) is 2.24. The first-order chi connectivity index (χ1) is 18.9. The number of ether oxygens (including phenoxy) is 4. The highest BCUT2D eigenvalue weighted by atomic mass is 16.9. The Kier molecular flexibility index (Phi) is 6.66. The van der Waals surface area contributed by atoms with Crippen LogP contribution >= 0.6 is 0 Å². The van der Waals surface area contributed by atoms with E-state index < -0.39 is 35.7 Å². The van der Waals surface area contributed by atoms with Crippen LogP contribution < -0.4 is 15.6 Å². The molecule has 0 radical (unpaired) electrons. The van der Waals surface area contributed by atoms with Crippen LogP contribution in [0, 0.1) is 5.92 Å². The summed E-state index contributed by atoms with van der Waals surface area (Å²) in [5, 5.41) is 3.04. The molecule has 7 rings (SSSR count). The van der Waals surface area contributed by atoms with Crippen molar-refractivity contribution in [3.05, 3.63) is 93.7 Å². The molecule has 39 heavy (non-hydrogen) atoms. The van der Waals surface area contributed by atoms with E-state index >= 15 is 0 Å². The minimum Gasteiger partial charge on any atom is -0.445 e. The van der Waals surface area contributed by atoms with Crippen LogP contribution in [-0.4, -0.2) is 27.9 Å². The zero-order valence-electron chi connectivity index (χ0n) is 21.5. The molecule has 1 saturated carbocycles. The average molecular weight is 532 g/mol. The van der Waals surface area contributed by atoms with Crippen LogP contribution in [-0.2, 0) is 32.9 Å². The molecule has 2 fully saturated rings. The molecule has 0 unspecified atom stereocenters. The molecule has 2 bridgehead atoms. The molecule has 4 aliphatic rings. The van der Waals surface area contributed by atoms with Gasteiger partial charge in [0, 0.05) is 6.54 Å². The molecule has 10 nitrogen and oxygen atoms in total. The lowest BCUT2D eigenvalue weighted by Gasteiger charge is -2.38. The lowest BCUT2D eigenvalue weighted by Crippen LogP contribution is -2.50. The van der Waals surface area contributed by atoms with E-state index in [0.29, 0.717) is 30.8 Å². The third-order valence-corrected chi connectivity index (χ3v) is 7.59. The molecule has 1 amide bonds. The molecule has 3 aromatic rings.